The van der Waals surface area contributed by atoms with Crippen LogP contribution in [0.4, 0.5) is 5.82 Å². The fourth-order valence-corrected chi connectivity index (χ4v) is 3.88. The number of pyridine rings is 1. The molecule has 7 nitrogen and oxygen atoms in total. The fourth-order valence-electron chi connectivity index (χ4n) is 3.75. The smallest absolute Gasteiger partial charge is 0.253 e. The Balaban J connectivity index is 1.57. The molecule has 1 fully saturated rings. The summed E-state index contributed by atoms with van der Waals surface area (Å²) in [7, 11) is 0. The maximum Gasteiger partial charge on any atom is 0.253 e. The molecule has 3 aromatic rings. The van der Waals surface area contributed by atoms with Gasteiger partial charge in [0.2, 0.25) is 0 Å². The first kappa shape index (κ1) is 23.6. The summed E-state index contributed by atoms with van der Waals surface area (Å²) in [5.74, 6) is 6.92. The van der Waals surface area contributed by atoms with Gasteiger partial charge in [-0.05, 0) is 44.2 Å². The summed E-state index contributed by atoms with van der Waals surface area (Å²) in [6.45, 7) is 5.88. The molecule has 0 aliphatic carbocycles. The number of hydrogen-bond donors (Lipinski definition) is 2. The van der Waals surface area contributed by atoms with Crippen molar-refractivity contribution in [3.63, 3.8) is 0 Å². The van der Waals surface area contributed by atoms with Crippen molar-refractivity contribution in [3.8, 4) is 11.8 Å². The first-order valence-electron chi connectivity index (χ1n) is 11.1. The topological polar surface area (TPSA) is 83.1 Å². The average molecular weight is 476 g/mol. The number of carbonyl (C=O) groups excluding carboxylic acids is 1. The summed E-state index contributed by atoms with van der Waals surface area (Å²) in [6.07, 6.45) is 8.99. The SMILES string of the molecule is C[C@@H]1CN(c2ncc(C(=O)NC/C=C/c3cn[nH]c3)cc2C#Cc2ccc(Cl)cc2)C[C@H](C)O1. The normalized spacial score (nSPS) is 17.9. The highest BCUT2D eigenvalue weighted by Crippen LogP contribution is 2.23. The molecule has 174 valence electrons. The van der Waals surface area contributed by atoms with Gasteiger partial charge in [0.05, 0.1) is 29.5 Å². The number of amides is 1. The first-order chi connectivity index (χ1) is 16.5. The highest BCUT2D eigenvalue weighted by Gasteiger charge is 2.25. The number of H-pyrrole nitrogens is 1. The Morgan fingerprint density at radius 1 is 1.24 bits per heavy atom. The van der Waals surface area contributed by atoms with Crippen LogP contribution in [0, 0.1) is 11.8 Å². The van der Waals surface area contributed by atoms with Gasteiger partial charge in [0.15, 0.2) is 0 Å². The molecule has 1 saturated heterocycles. The number of carbonyl (C=O) groups is 1. The number of rotatable bonds is 5. The van der Waals surface area contributed by atoms with Crippen molar-refractivity contribution in [1.82, 2.24) is 20.5 Å². The van der Waals surface area contributed by atoms with Crippen molar-refractivity contribution in [2.45, 2.75) is 26.1 Å². The van der Waals surface area contributed by atoms with E-state index in [0.717, 1.165) is 16.9 Å². The molecular formula is C26H26ClN5O2. The number of anilines is 1. The third kappa shape index (κ3) is 6.25. The molecule has 0 saturated carbocycles. The summed E-state index contributed by atoms with van der Waals surface area (Å²) < 4.78 is 5.87. The number of nitrogens with one attached hydrogen (secondary N) is 2. The van der Waals surface area contributed by atoms with Gasteiger partial charge in [-0.2, -0.15) is 5.10 Å². The first-order valence-corrected chi connectivity index (χ1v) is 11.5. The van der Waals surface area contributed by atoms with Gasteiger partial charge in [-0.1, -0.05) is 35.6 Å². The molecule has 0 radical (unpaired) electrons. The van der Waals surface area contributed by atoms with Gasteiger partial charge in [-0.25, -0.2) is 4.98 Å². The third-order valence-corrected chi connectivity index (χ3v) is 5.50. The Kier molecular flexibility index (Phi) is 7.63. The molecule has 1 aromatic carbocycles. The van der Waals surface area contributed by atoms with Crippen LogP contribution >= 0.6 is 11.6 Å². The molecule has 1 aliphatic heterocycles. The summed E-state index contributed by atoms with van der Waals surface area (Å²) in [4.78, 5) is 19.6. The van der Waals surface area contributed by atoms with Crippen LogP contribution in [-0.2, 0) is 4.74 Å². The van der Waals surface area contributed by atoms with E-state index in [1.807, 2.05) is 38.1 Å². The molecular weight excluding hydrogens is 450 g/mol. The average Bonchev–Trinajstić information content (AvgIpc) is 3.34. The van der Waals surface area contributed by atoms with Crippen LogP contribution in [0.3, 0.4) is 0 Å². The van der Waals surface area contributed by atoms with Crippen molar-refractivity contribution < 1.29 is 9.53 Å². The molecule has 1 amide bonds. The van der Waals surface area contributed by atoms with Crippen molar-refractivity contribution >= 4 is 29.4 Å². The Hall–Kier alpha value is -3.60. The standard InChI is InChI=1S/C26H26ClN5O2/c1-18-16-32(17-19(2)34-18)25-22(8-5-20-6-9-24(27)10-7-20)12-23(15-29-25)26(33)28-11-3-4-21-13-30-31-14-21/h3-4,6-7,9-10,12-15,18-19H,11,16-17H2,1-2H3,(H,28,33)(H,30,31)/b4-3+/t18-,19+. The molecule has 0 unspecified atom stereocenters. The lowest BCUT2D eigenvalue weighted by Gasteiger charge is -2.36. The van der Waals surface area contributed by atoms with Crippen LogP contribution in [0.1, 0.15) is 40.9 Å². The van der Waals surface area contributed by atoms with Gasteiger partial charge in [-0.15, -0.1) is 0 Å². The van der Waals surface area contributed by atoms with Crippen molar-refractivity contribution in [1.29, 1.82) is 0 Å². The zero-order valence-corrected chi connectivity index (χ0v) is 19.8. The summed E-state index contributed by atoms with van der Waals surface area (Å²) in [5, 5.41) is 10.2. The molecule has 0 bridgehead atoms. The largest absolute Gasteiger partial charge is 0.372 e. The minimum absolute atomic E-state index is 0.0765. The van der Waals surface area contributed by atoms with E-state index in [4.69, 9.17) is 16.3 Å². The predicted octanol–water partition coefficient (Wildman–Crippen LogP) is 3.91. The maximum absolute atomic E-state index is 12.8. The van der Waals surface area contributed by atoms with Crippen LogP contribution in [0.25, 0.3) is 6.08 Å². The van der Waals surface area contributed by atoms with E-state index in [-0.39, 0.29) is 18.1 Å². The second-order valence-electron chi connectivity index (χ2n) is 8.16. The van der Waals surface area contributed by atoms with Crippen molar-refractivity contribution in [2.75, 3.05) is 24.5 Å². The molecule has 2 atom stereocenters. The zero-order chi connectivity index (χ0) is 23.9. The van der Waals surface area contributed by atoms with Crippen LogP contribution < -0.4 is 10.2 Å². The number of nitrogens with zero attached hydrogens (tertiary/aromatic N) is 3. The minimum atomic E-state index is -0.214. The highest BCUT2D eigenvalue weighted by molar-refractivity contribution is 6.30. The van der Waals surface area contributed by atoms with E-state index >= 15 is 0 Å². The Labute approximate surface area is 204 Å². The lowest BCUT2D eigenvalue weighted by molar-refractivity contribution is -0.00547. The van der Waals surface area contributed by atoms with Gasteiger partial charge in [-0.3, -0.25) is 9.89 Å². The lowest BCUT2D eigenvalue weighted by atomic mass is 10.1. The summed E-state index contributed by atoms with van der Waals surface area (Å²) >= 11 is 5.99. The molecule has 2 N–H and O–H groups in total. The van der Waals surface area contributed by atoms with Gasteiger partial charge >= 0.3 is 0 Å². The quantitative estimate of drug-likeness (QED) is 0.546. The number of halogens is 1. The second kappa shape index (κ2) is 11.0. The van der Waals surface area contributed by atoms with Crippen molar-refractivity contribution in [3.05, 3.63) is 82.3 Å². The summed E-state index contributed by atoms with van der Waals surface area (Å²) in [5.41, 5.74) is 2.92. The van der Waals surface area contributed by atoms with Crippen LogP contribution in [0.15, 0.2) is 55.0 Å². The van der Waals surface area contributed by atoms with Gasteiger partial charge in [0, 0.05) is 48.2 Å². The van der Waals surface area contributed by atoms with E-state index < -0.39 is 0 Å². The molecule has 4 rings (SSSR count). The number of benzene rings is 1. The Morgan fingerprint density at radius 3 is 2.71 bits per heavy atom. The molecule has 34 heavy (non-hydrogen) atoms. The van der Waals surface area contributed by atoms with Crippen LogP contribution in [0.2, 0.25) is 5.02 Å². The molecule has 2 aromatic heterocycles. The molecule has 8 heteroatoms. The maximum atomic E-state index is 12.8. The second-order valence-corrected chi connectivity index (χ2v) is 8.59. The number of morpholine rings is 1. The number of aromatic amines is 1. The minimum Gasteiger partial charge on any atom is -0.372 e. The molecule has 1 aliphatic rings. The van der Waals surface area contributed by atoms with Crippen LogP contribution in [-0.4, -0.2) is 52.9 Å². The Bertz CT molecular complexity index is 1200. The monoisotopic (exact) mass is 475 g/mol. The predicted molar refractivity (Wildman–Crippen MR) is 134 cm³/mol. The van der Waals surface area contributed by atoms with Gasteiger partial charge in [0.25, 0.3) is 5.91 Å². The molecule has 3 heterocycles. The van der Waals surface area contributed by atoms with E-state index in [9.17, 15) is 4.79 Å². The van der Waals surface area contributed by atoms with E-state index in [0.29, 0.717) is 35.8 Å². The van der Waals surface area contributed by atoms with Crippen molar-refractivity contribution in [2.24, 2.45) is 0 Å². The van der Waals surface area contributed by atoms with E-state index in [1.54, 1.807) is 36.8 Å². The zero-order valence-electron chi connectivity index (χ0n) is 19.1. The van der Waals surface area contributed by atoms with Gasteiger partial charge in [0.1, 0.15) is 5.82 Å². The highest BCUT2D eigenvalue weighted by atomic mass is 35.5. The number of aromatic nitrogens is 3. The van der Waals surface area contributed by atoms with Crippen LogP contribution in [0.5, 0.6) is 0 Å². The van der Waals surface area contributed by atoms with E-state index in [2.05, 4.69) is 37.2 Å². The van der Waals surface area contributed by atoms with Gasteiger partial charge < -0.3 is 15.0 Å². The number of ether oxygens (including phenoxy) is 1. The third-order valence-electron chi connectivity index (χ3n) is 5.24. The molecule has 0 spiro atoms. The number of hydrogen-bond acceptors (Lipinski definition) is 5. The van der Waals surface area contributed by atoms with E-state index in [1.165, 1.54) is 0 Å². The summed E-state index contributed by atoms with van der Waals surface area (Å²) in [6, 6.07) is 9.13. The lowest BCUT2D eigenvalue weighted by Crippen LogP contribution is -2.46. The fraction of sp³-hybridized carbons (Fsp3) is 0.269. The Morgan fingerprint density at radius 2 is 2.00 bits per heavy atom.